The van der Waals surface area contributed by atoms with Crippen LogP contribution >= 0.6 is 0 Å². The number of hydrogen-bond acceptors (Lipinski definition) is 7. The van der Waals surface area contributed by atoms with Gasteiger partial charge in [-0.1, -0.05) is 13.3 Å². The summed E-state index contributed by atoms with van der Waals surface area (Å²) in [5.74, 6) is 0.815. The zero-order chi connectivity index (χ0) is 14.3. The summed E-state index contributed by atoms with van der Waals surface area (Å²) in [4.78, 5) is 12.4. The second kappa shape index (κ2) is 7.08. The van der Waals surface area contributed by atoms with E-state index in [9.17, 15) is 5.11 Å². The van der Waals surface area contributed by atoms with Crippen LogP contribution in [-0.2, 0) is 0 Å². The van der Waals surface area contributed by atoms with E-state index in [0.29, 0.717) is 31.5 Å². The summed E-state index contributed by atoms with van der Waals surface area (Å²) < 4.78 is 5.26. The Balaban J connectivity index is 2.74. The predicted molar refractivity (Wildman–Crippen MR) is 74.6 cm³/mol. The maximum Gasteiger partial charge on any atom is 0.323 e. The molecule has 0 aromatic carbocycles. The summed E-state index contributed by atoms with van der Waals surface area (Å²) in [5.41, 5.74) is -0.785. The first-order chi connectivity index (χ1) is 9.00. The number of rotatable bonds is 8. The summed E-state index contributed by atoms with van der Waals surface area (Å²) in [6.07, 6.45) is 1.63. The molecule has 108 valence electrons. The van der Waals surface area contributed by atoms with Crippen molar-refractivity contribution in [3.63, 3.8) is 0 Å². The first kappa shape index (κ1) is 15.4. The van der Waals surface area contributed by atoms with Gasteiger partial charge >= 0.3 is 6.01 Å². The minimum atomic E-state index is -0.785. The standard InChI is InChI=1S/C12H23N5O2/c1-5-7-12(3,18)8-14-10-15-9(13-4)16-11(17-10)19-6-2/h18H,5-8H2,1-4H3,(H2,13,14,15,16,17). The Bertz CT molecular complexity index is 398. The van der Waals surface area contributed by atoms with E-state index in [1.165, 1.54) is 0 Å². The molecule has 0 saturated carbocycles. The Morgan fingerprint density at radius 3 is 2.47 bits per heavy atom. The molecule has 0 bridgehead atoms. The van der Waals surface area contributed by atoms with Crippen LogP contribution in [0.2, 0.25) is 0 Å². The Morgan fingerprint density at radius 1 is 1.21 bits per heavy atom. The number of aromatic nitrogens is 3. The lowest BCUT2D eigenvalue weighted by atomic mass is 10.0. The van der Waals surface area contributed by atoms with Crippen LogP contribution in [-0.4, -0.2) is 45.9 Å². The average Bonchev–Trinajstić information content (AvgIpc) is 2.36. The number of hydrogen-bond donors (Lipinski definition) is 3. The monoisotopic (exact) mass is 269 g/mol. The van der Waals surface area contributed by atoms with E-state index >= 15 is 0 Å². The normalized spacial score (nSPS) is 13.7. The number of nitrogens with zero attached hydrogens (tertiary/aromatic N) is 3. The van der Waals surface area contributed by atoms with Crippen LogP contribution in [0.25, 0.3) is 0 Å². The molecule has 0 aliphatic rings. The molecule has 0 radical (unpaired) electrons. The second-order valence-electron chi connectivity index (χ2n) is 4.55. The van der Waals surface area contributed by atoms with Crippen molar-refractivity contribution >= 4 is 11.9 Å². The van der Waals surface area contributed by atoms with Gasteiger partial charge in [-0.15, -0.1) is 0 Å². The van der Waals surface area contributed by atoms with Gasteiger partial charge in [0, 0.05) is 13.6 Å². The molecule has 7 heteroatoms. The molecular formula is C12H23N5O2. The molecule has 1 rings (SSSR count). The quantitative estimate of drug-likeness (QED) is 0.654. The summed E-state index contributed by atoms with van der Waals surface area (Å²) in [6, 6.07) is 0.263. The molecule has 0 aliphatic carbocycles. The summed E-state index contributed by atoms with van der Waals surface area (Å²) in [6.45, 7) is 6.54. The first-order valence-corrected chi connectivity index (χ1v) is 6.53. The largest absolute Gasteiger partial charge is 0.464 e. The topological polar surface area (TPSA) is 92.2 Å². The minimum Gasteiger partial charge on any atom is -0.464 e. The van der Waals surface area contributed by atoms with Crippen molar-refractivity contribution in [3.8, 4) is 6.01 Å². The third-order valence-corrected chi connectivity index (χ3v) is 2.53. The van der Waals surface area contributed by atoms with Crippen molar-refractivity contribution in [2.24, 2.45) is 0 Å². The second-order valence-corrected chi connectivity index (χ2v) is 4.55. The summed E-state index contributed by atoms with van der Waals surface area (Å²) >= 11 is 0. The third kappa shape index (κ3) is 5.25. The van der Waals surface area contributed by atoms with Gasteiger partial charge in [0.1, 0.15) is 0 Å². The van der Waals surface area contributed by atoms with Gasteiger partial charge in [-0.05, 0) is 20.3 Å². The lowest BCUT2D eigenvalue weighted by Gasteiger charge is -2.22. The average molecular weight is 269 g/mol. The molecule has 0 spiro atoms. The Hall–Kier alpha value is -1.63. The number of nitrogens with one attached hydrogen (secondary N) is 2. The number of aliphatic hydroxyl groups is 1. The molecular weight excluding hydrogens is 246 g/mol. The molecule has 3 N–H and O–H groups in total. The molecule has 1 atom stereocenters. The molecule has 1 unspecified atom stereocenters. The van der Waals surface area contributed by atoms with Crippen LogP contribution in [0.4, 0.5) is 11.9 Å². The van der Waals surface area contributed by atoms with E-state index in [0.717, 1.165) is 6.42 Å². The predicted octanol–water partition coefficient (Wildman–Crippen LogP) is 1.28. The smallest absolute Gasteiger partial charge is 0.323 e. The zero-order valence-corrected chi connectivity index (χ0v) is 12.0. The van der Waals surface area contributed by atoms with Gasteiger partial charge in [-0.3, -0.25) is 0 Å². The maximum absolute atomic E-state index is 10.1. The molecule has 7 nitrogen and oxygen atoms in total. The minimum absolute atomic E-state index is 0.263. The fourth-order valence-corrected chi connectivity index (χ4v) is 1.64. The Morgan fingerprint density at radius 2 is 1.89 bits per heavy atom. The molecule has 1 heterocycles. The molecule has 1 aromatic heterocycles. The molecule has 19 heavy (non-hydrogen) atoms. The molecule has 0 saturated heterocycles. The highest BCUT2D eigenvalue weighted by molar-refractivity contribution is 5.35. The molecule has 0 aliphatic heterocycles. The SMILES string of the molecule is CCCC(C)(O)CNc1nc(NC)nc(OCC)n1. The summed E-state index contributed by atoms with van der Waals surface area (Å²) in [7, 11) is 1.72. The van der Waals surface area contributed by atoms with Gasteiger partial charge in [0.15, 0.2) is 0 Å². The fourth-order valence-electron chi connectivity index (χ4n) is 1.64. The van der Waals surface area contributed by atoms with Gasteiger partial charge in [0.05, 0.1) is 12.2 Å². The number of ether oxygens (including phenoxy) is 1. The van der Waals surface area contributed by atoms with Crippen LogP contribution in [0.1, 0.15) is 33.6 Å². The fraction of sp³-hybridized carbons (Fsp3) is 0.750. The van der Waals surface area contributed by atoms with E-state index in [2.05, 4.69) is 25.6 Å². The lowest BCUT2D eigenvalue weighted by molar-refractivity contribution is 0.0635. The van der Waals surface area contributed by atoms with Crippen molar-refractivity contribution in [2.75, 3.05) is 30.8 Å². The van der Waals surface area contributed by atoms with E-state index in [4.69, 9.17) is 4.74 Å². The van der Waals surface area contributed by atoms with Gasteiger partial charge in [0.2, 0.25) is 11.9 Å². The van der Waals surface area contributed by atoms with Crippen molar-refractivity contribution in [1.82, 2.24) is 15.0 Å². The van der Waals surface area contributed by atoms with E-state index in [1.54, 1.807) is 14.0 Å². The van der Waals surface area contributed by atoms with Gasteiger partial charge in [0.25, 0.3) is 0 Å². The van der Waals surface area contributed by atoms with Crippen LogP contribution in [0, 0.1) is 0 Å². The van der Waals surface area contributed by atoms with Crippen LogP contribution in [0.5, 0.6) is 6.01 Å². The third-order valence-electron chi connectivity index (χ3n) is 2.53. The molecule has 0 fully saturated rings. The van der Waals surface area contributed by atoms with Crippen molar-refractivity contribution in [1.29, 1.82) is 0 Å². The molecule has 0 amide bonds. The Kier molecular flexibility index (Phi) is 5.75. The zero-order valence-electron chi connectivity index (χ0n) is 12.0. The van der Waals surface area contributed by atoms with Gasteiger partial charge in [-0.2, -0.15) is 15.0 Å². The number of anilines is 2. The first-order valence-electron chi connectivity index (χ1n) is 6.53. The van der Waals surface area contributed by atoms with E-state index in [-0.39, 0.29) is 6.01 Å². The highest BCUT2D eigenvalue weighted by atomic mass is 16.5. The lowest BCUT2D eigenvalue weighted by Crippen LogP contribution is -2.33. The highest BCUT2D eigenvalue weighted by Crippen LogP contribution is 2.15. The van der Waals surface area contributed by atoms with Crippen molar-refractivity contribution in [3.05, 3.63) is 0 Å². The van der Waals surface area contributed by atoms with Crippen molar-refractivity contribution < 1.29 is 9.84 Å². The van der Waals surface area contributed by atoms with E-state index < -0.39 is 5.60 Å². The van der Waals surface area contributed by atoms with Gasteiger partial charge < -0.3 is 20.5 Å². The van der Waals surface area contributed by atoms with Crippen molar-refractivity contribution in [2.45, 2.75) is 39.2 Å². The molecule has 1 aromatic rings. The summed E-state index contributed by atoms with van der Waals surface area (Å²) in [5, 5.41) is 15.9. The maximum atomic E-state index is 10.1. The van der Waals surface area contributed by atoms with Crippen LogP contribution in [0.3, 0.4) is 0 Å². The van der Waals surface area contributed by atoms with E-state index in [1.807, 2.05) is 13.8 Å². The highest BCUT2D eigenvalue weighted by Gasteiger charge is 2.19. The van der Waals surface area contributed by atoms with Crippen LogP contribution < -0.4 is 15.4 Å². The van der Waals surface area contributed by atoms with Crippen LogP contribution in [0.15, 0.2) is 0 Å². The van der Waals surface area contributed by atoms with Gasteiger partial charge in [-0.25, -0.2) is 0 Å². The Labute approximate surface area is 113 Å².